The van der Waals surface area contributed by atoms with Gasteiger partial charge in [0.2, 0.25) is 0 Å². The topological polar surface area (TPSA) is 74.8 Å². The lowest BCUT2D eigenvalue weighted by atomic mass is 9.68. The Morgan fingerprint density at radius 1 is 0.525 bits per heavy atom. The fourth-order valence-electron chi connectivity index (χ4n) is 7.90. The smallest absolute Gasteiger partial charge is 0.261 e. The quantitative estimate of drug-likeness (QED) is 0.386. The molecule has 0 radical (unpaired) electrons. The van der Waals surface area contributed by atoms with Gasteiger partial charge in [-0.2, -0.15) is 0 Å². The number of imide groups is 2. The molecule has 4 aliphatic rings. The zero-order chi connectivity index (χ0) is 28.0. The van der Waals surface area contributed by atoms with E-state index >= 15 is 0 Å². The lowest BCUT2D eigenvalue weighted by molar-refractivity contribution is 0.0647. The molecule has 2 aliphatic heterocycles. The van der Waals surface area contributed by atoms with Crippen LogP contribution >= 0.6 is 0 Å². The van der Waals surface area contributed by atoms with Crippen molar-refractivity contribution in [1.29, 1.82) is 0 Å². The Labute approximate surface area is 237 Å². The van der Waals surface area contributed by atoms with Gasteiger partial charge in [0.15, 0.2) is 0 Å². The highest BCUT2D eigenvalue weighted by Gasteiger charge is 2.36. The van der Waals surface area contributed by atoms with E-state index < -0.39 is 0 Å². The minimum atomic E-state index is -0.161. The number of hydrogen-bond acceptors (Lipinski definition) is 4. The molecule has 2 heterocycles. The first-order valence-electron chi connectivity index (χ1n) is 15.4. The minimum Gasteiger partial charge on any atom is -0.275 e. The van der Waals surface area contributed by atoms with Crippen molar-refractivity contribution in [2.45, 2.75) is 78.1 Å². The normalized spacial score (nSPS) is 26.4. The van der Waals surface area contributed by atoms with Crippen LogP contribution in [0.25, 0.3) is 0 Å². The first-order valence-corrected chi connectivity index (χ1v) is 15.4. The van der Waals surface area contributed by atoms with Crippen LogP contribution in [0.2, 0.25) is 0 Å². The van der Waals surface area contributed by atoms with Crippen molar-refractivity contribution in [2.24, 2.45) is 23.7 Å². The van der Waals surface area contributed by atoms with E-state index in [1.807, 2.05) is 50.2 Å². The number of hydrogen-bond donors (Lipinski definition) is 0. The molecule has 6 nitrogen and oxygen atoms in total. The number of fused-ring (bicyclic) bond motifs is 2. The van der Waals surface area contributed by atoms with Crippen molar-refractivity contribution in [2.75, 3.05) is 13.1 Å². The molecule has 2 fully saturated rings. The molecule has 0 aromatic heterocycles. The lowest BCUT2D eigenvalue weighted by Gasteiger charge is -2.38. The summed E-state index contributed by atoms with van der Waals surface area (Å²) in [6.45, 7) is 4.52. The fraction of sp³-hybridized carbons (Fsp3) is 0.529. The zero-order valence-corrected chi connectivity index (χ0v) is 23.8. The molecule has 0 unspecified atom stereocenters. The summed E-state index contributed by atoms with van der Waals surface area (Å²) in [6.07, 6.45) is 12.1. The summed E-state index contributed by atoms with van der Waals surface area (Å²) in [5.74, 6) is 2.32. The van der Waals surface area contributed by atoms with Gasteiger partial charge >= 0.3 is 0 Å². The van der Waals surface area contributed by atoms with Gasteiger partial charge in [-0.1, -0.05) is 12.1 Å². The molecule has 0 N–H and O–H groups in total. The number of carbonyl (C=O) groups is 4. The molecule has 0 saturated heterocycles. The number of rotatable bonds is 7. The average Bonchev–Trinajstić information content (AvgIpc) is 3.36. The van der Waals surface area contributed by atoms with Crippen molar-refractivity contribution >= 4 is 23.6 Å². The first-order chi connectivity index (χ1) is 19.4. The molecule has 4 amide bonds. The van der Waals surface area contributed by atoms with Crippen LogP contribution in [0.3, 0.4) is 0 Å². The van der Waals surface area contributed by atoms with Gasteiger partial charge in [0.25, 0.3) is 23.6 Å². The SMILES string of the molecule is CCN1C(=O)c2ccc(CC3CCC(C4CCC(Cc5ccc6c(c5)C(=O)N(CC)C6=O)CC4)CC3)cc2C1=O. The van der Waals surface area contributed by atoms with Crippen LogP contribution < -0.4 is 0 Å². The van der Waals surface area contributed by atoms with E-state index in [4.69, 9.17) is 0 Å². The van der Waals surface area contributed by atoms with Gasteiger partial charge in [-0.05, 0) is 137 Å². The van der Waals surface area contributed by atoms with E-state index in [0.29, 0.717) is 47.2 Å². The Morgan fingerprint density at radius 2 is 0.875 bits per heavy atom. The molecule has 6 rings (SSSR count). The van der Waals surface area contributed by atoms with Crippen LogP contribution in [-0.2, 0) is 12.8 Å². The molecule has 2 aliphatic carbocycles. The second kappa shape index (κ2) is 10.9. The van der Waals surface area contributed by atoms with Gasteiger partial charge in [0.05, 0.1) is 22.3 Å². The Bertz CT molecular complexity index is 1240. The van der Waals surface area contributed by atoms with Gasteiger partial charge in [-0.3, -0.25) is 29.0 Å². The molecule has 0 atom stereocenters. The van der Waals surface area contributed by atoms with Gasteiger partial charge < -0.3 is 0 Å². The number of nitrogens with zero attached hydrogens (tertiary/aromatic N) is 2. The maximum absolute atomic E-state index is 12.6. The van der Waals surface area contributed by atoms with Gasteiger partial charge in [0.1, 0.15) is 0 Å². The van der Waals surface area contributed by atoms with Crippen molar-refractivity contribution in [1.82, 2.24) is 9.80 Å². The number of amides is 4. The Balaban J connectivity index is 0.978. The molecular weight excluding hydrogens is 500 g/mol. The van der Waals surface area contributed by atoms with Gasteiger partial charge in [-0.25, -0.2) is 0 Å². The summed E-state index contributed by atoms with van der Waals surface area (Å²) in [7, 11) is 0. The van der Waals surface area contributed by atoms with Crippen LogP contribution in [0.4, 0.5) is 0 Å². The Morgan fingerprint density at radius 3 is 1.23 bits per heavy atom. The molecule has 2 aromatic carbocycles. The van der Waals surface area contributed by atoms with Crippen molar-refractivity contribution in [3.05, 3.63) is 69.8 Å². The van der Waals surface area contributed by atoms with Crippen LogP contribution in [0.15, 0.2) is 36.4 Å². The zero-order valence-electron chi connectivity index (χ0n) is 23.8. The maximum Gasteiger partial charge on any atom is 0.261 e. The molecule has 40 heavy (non-hydrogen) atoms. The van der Waals surface area contributed by atoms with E-state index in [2.05, 4.69) is 0 Å². The van der Waals surface area contributed by atoms with Crippen LogP contribution in [0.5, 0.6) is 0 Å². The third-order valence-electron chi connectivity index (χ3n) is 10.2. The highest BCUT2D eigenvalue weighted by molar-refractivity contribution is 6.22. The highest BCUT2D eigenvalue weighted by Crippen LogP contribution is 2.43. The fourth-order valence-corrected chi connectivity index (χ4v) is 7.90. The van der Waals surface area contributed by atoms with Crippen LogP contribution in [-0.4, -0.2) is 46.5 Å². The second-order valence-electron chi connectivity index (χ2n) is 12.4. The van der Waals surface area contributed by atoms with Crippen LogP contribution in [0.1, 0.15) is 118 Å². The van der Waals surface area contributed by atoms with Crippen LogP contribution in [0, 0.1) is 23.7 Å². The summed E-state index contributed by atoms with van der Waals surface area (Å²) < 4.78 is 0. The summed E-state index contributed by atoms with van der Waals surface area (Å²) in [6, 6.07) is 11.7. The Hall–Kier alpha value is -3.28. The number of carbonyl (C=O) groups excluding carboxylic acids is 4. The van der Waals surface area contributed by atoms with E-state index in [1.165, 1.54) is 72.3 Å². The molecule has 2 aromatic rings. The third-order valence-corrected chi connectivity index (χ3v) is 10.2. The van der Waals surface area contributed by atoms with E-state index in [1.54, 1.807) is 0 Å². The van der Waals surface area contributed by atoms with E-state index in [-0.39, 0.29) is 23.6 Å². The highest BCUT2D eigenvalue weighted by atomic mass is 16.2. The molecule has 210 valence electrons. The van der Waals surface area contributed by atoms with Gasteiger partial charge in [-0.15, -0.1) is 0 Å². The van der Waals surface area contributed by atoms with Crippen molar-refractivity contribution < 1.29 is 19.2 Å². The largest absolute Gasteiger partial charge is 0.275 e. The molecule has 0 spiro atoms. The monoisotopic (exact) mass is 540 g/mol. The summed E-state index contributed by atoms with van der Waals surface area (Å²) in [5, 5.41) is 0. The molecule has 0 bridgehead atoms. The first kappa shape index (κ1) is 26.9. The van der Waals surface area contributed by atoms with E-state index in [0.717, 1.165) is 24.7 Å². The summed E-state index contributed by atoms with van der Waals surface area (Å²) in [5.41, 5.74) is 4.63. The van der Waals surface area contributed by atoms with Crippen molar-refractivity contribution in [3.8, 4) is 0 Å². The third kappa shape index (κ3) is 4.80. The average molecular weight is 541 g/mol. The summed E-state index contributed by atoms with van der Waals surface area (Å²) in [4.78, 5) is 52.7. The summed E-state index contributed by atoms with van der Waals surface area (Å²) >= 11 is 0. The number of benzene rings is 2. The lowest BCUT2D eigenvalue weighted by Crippen LogP contribution is -2.29. The molecule has 6 heteroatoms. The second-order valence-corrected chi connectivity index (χ2v) is 12.4. The minimum absolute atomic E-state index is 0.147. The standard InChI is InChI=1S/C34H40N2O4/c1-3-35-31(37)27-15-9-23(19-29(27)33(35)39)17-21-5-11-25(12-6-21)26-13-7-22(8-14-26)18-24-10-16-28-30(20-24)34(40)36(4-2)32(28)38/h9-10,15-16,19-22,25-26H,3-8,11-14,17-18H2,1-2H3. The van der Waals surface area contributed by atoms with Gasteiger partial charge in [0, 0.05) is 13.1 Å². The predicted octanol–water partition coefficient (Wildman–Crippen LogP) is 6.32. The Kier molecular flexibility index (Phi) is 7.37. The maximum atomic E-state index is 12.6. The molecule has 2 saturated carbocycles. The predicted molar refractivity (Wildman–Crippen MR) is 153 cm³/mol. The van der Waals surface area contributed by atoms with E-state index in [9.17, 15) is 19.2 Å². The van der Waals surface area contributed by atoms with Crippen molar-refractivity contribution in [3.63, 3.8) is 0 Å². The molecular formula is C34H40N2O4.